The number of aryl methyl sites for hydroxylation is 3. The first-order chi connectivity index (χ1) is 9.79. The fourth-order valence-corrected chi connectivity index (χ4v) is 3.53. The fourth-order valence-electron chi connectivity index (χ4n) is 2.51. The molecule has 0 saturated heterocycles. The molecule has 0 aliphatic heterocycles. The summed E-state index contributed by atoms with van der Waals surface area (Å²) in [6, 6.07) is 1.97. The molecule has 1 aliphatic carbocycles. The third-order valence-electron chi connectivity index (χ3n) is 3.44. The van der Waals surface area contributed by atoms with E-state index in [1.165, 1.54) is 10.6 Å². The Morgan fingerprint density at radius 2 is 2.25 bits per heavy atom. The molecular formula is C13H14N6S. The molecule has 6 nitrogen and oxygen atoms in total. The van der Waals surface area contributed by atoms with E-state index in [0.717, 1.165) is 47.2 Å². The molecule has 1 aliphatic rings. The maximum absolute atomic E-state index is 4.72. The molecule has 102 valence electrons. The number of hydrogen-bond donors (Lipinski definition) is 3. The molecule has 0 aromatic carbocycles. The molecule has 0 fully saturated rings. The zero-order valence-corrected chi connectivity index (χ0v) is 11.8. The minimum Gasteiger partial charge on any atom is -0.315 e. The summed E-state index contributed by atoms with van der Waals surface area (Å²) in [6.07, 6.45) is 5.11. The highest BCUT2D eigenvalue weighted by atomic mass is 32.1. The first-order valence-corrected chi connectivity index (χ1v) is 7.42. The summed E-state index contributed by atoms with van der Waals surface area (Å²) in [5.74, 6) is 0.804. The van der Waals surface area contributed by atoms with E-state index in [1.54, 1.807) is 11.3 Å². The van der Waals surface area contributed by atoms with Crippen LogP contribution in [0.25, 0.3) is 11.3 Å². The van der Waals surface area contributed by atoms with Crippen LogP contribution >= 0.6 is 11.3 Å². The Labute approximate surface area is 119 Å². The van der Waals surface area contributed by atoms with Gasteiger partial charge in [-0.2, -0.15) is 10.2 Å². The molecule has 7 heteroatoms. The SMILES string of the molecule is Cc1cc(Nc2nc3c(s2)CCCc2[nH]ncc2-3)n[nH]1. The van der Waals surface area contributed by atoms with Gasteiger partial charge in [-0.15, -0.1) is 11.3 Å². The van der Waals surface area contributed by atoms with E-state index in [9.17, 15) is 0 Å². The predicted molar refractivity (Wildman–Crippen MR) is 78.3 cm³/mol. The molecule has 0 spiro atoms. The zero-order valence-electron chi connectivity index (χ0n) is 11.0. The van der Waals surface area contributed by atoms with Crippen molar-refractivity contribution in [2.45, 2.75) is 26.2 Å². The van der Waals surface area contributed by atoms with Crippen molar-refractivity contribution < 1.29 is 0 Å². The quantitative estimate of drug-likeness (QED) is 0.676. The van der Waals surface area contributed by atoms with Crippen LogP contribution < -0.4 is 5.32 Å². The lowest BCUT2D eigenvalue weighted by atomic mass is 10.2. The first kappa shape index (κ1) is 11.7. The Bertz CT molecular complexity index is 753. The van der Waals surface area contributed by atoms with E-state index in [2.05, 4.69) is 25.7 Å². The molecule has 0 saturated carbocycles. The minimum absolute atomic E-state index is 0.804. The summed E-state index contributed by atoms with van der Waals surface area (Å²) >= 11 is 1.70. The van der Waals surface area contributed by atoms with Crippen LogP contribution in [0.5, 0.6) is 0 Å². The van der Waals surface area contributed by atoms with E-state index >= 15 is 0 Å². The van der Waals surface area contributed by atoms with Gasteiger partial charge >= 0.3 is 0 Å². The number of thiazole rings is 1. The Morgan fingerprint density at radius 1 is 1.30 bits per heavy atom. The van der Waals surface area contributed by atoms with Gasteiger partial charge in [0.15, 0.2) is 10.9 Å². The molecule has 0 atom stereocenters. The monoisotopic (exact) mass is 286 g/mol. The second-order valence-corrected chi connectivity index (χ2v) is 6.05. The molecule has 0 amide bonds. The van der Waals surface area contributed by atoms with E-state index in [1.807, 2.05) is 19.2 Å². The lowest BCUT2D eigenvalue weighted by molar-refractivity contribution is 0.811. The van der Waals surface area contributed by atoms with Gasteiger partial charge in [0.1, 0.15) is 0 Å². The van der Waals surface area contributed by atoms with Gasteiger partial charge in [-0.25, -0.2) is 4.98 Å². The standard InChI is InChI=1S/C13H14N6S/c1-7-5-11(19-17-7)15-13-16-12-8-6-14-18-9(8)3-2-4-10(12)20-13/h5-6H,2-4H2,1H3,(H,14,18)(H2,15,16,17,19). The fraction of sp³-hybridized carbons (Fsp3) is 0.308. The van der Waals surface area contributed by atoms with Crippen LogP contribution in [0.1, 0.15) is 22.7 Å². The molecule has 4 rings (SSSR count). The zero-order chi connectivity index (χ0) is 13.5. The average molecular weight is 286 g/mol. The number of nitrogens with one attached hydrogen (secondary N) is 3. The van der Waals surface area contributed by atoms with Crippen molar-refractivity contribution in [3.05, 3.63) is 28.5 Å². The van der Waals surface area contributed by atoms with Crippen molar-refractivity contribution in [1.29, 1.82) is 0 Å². The van der Waals surface area contributed by atoms with E-state index in [-0.39, 0.29) is 0 Å². The van der Waals surface area contributed by atoms with Crippen molar-refractivity contribution in [3.63, 3.8) is 0 Å². The molecule has 0 unspecified atom stereocenters. The number of aromatic amines is 2. The molecular weight excluding hydrogens is 272 g/mol. The number of nitrogens with zero attached hydrogens (tertiary/aromatic N) is 3. The maximum atomic E-state index is 4.72. The number of rotatable bonds is 2. The molecule has 3 aromatic heterocycles. The highest BCUT2D eigenvalue weighted by molar-refractivity contribution is 7.16. The highest BCUT2D eigenvalue weighted by Gasteiger charge is 2.20. The van der Waals surface area contributed by atoms with Crippen molar-refractivity contribution >= 4 is 22.3 Å². The van der Waals surface area contributed by atoms with Gasteiger partial charge in [-0.1, -0.05) is 0 Å². The lowest BCUT2D eigenvalue weighted by Crippen LogP contribution is -1.90. The van der Waals surface area contributed by atoms with Gasteiger partial charge < -0.3 is 5.32 Å². The van der Waals surface area contributed by atoms with Crippen LogP contribution in [0.4, 0.5) is 10.9 Å². The Kier molecular flexibility index (Phi) is 2.59. The molecule has 3 N–H and O–H groups in total. The van der Waals surface area contributed by atoms with E-state index < -0.39 is 0 Å². The Morgan fingerprint density at radius 3 is 3.10 bits per heavy atom. The molecule has 3 aromatic rings. The third kappa shape index (κ3) is 1.90. The lowest BCUT2D eigenvalue weighted by Gasteiger charge is -1.97. The largest absolute Gasteiger partial charge is 0.315 e. The molecule has 0 bridgehead atoms. The third-order valence-corrected chi connectivity index (χ3v) is 4.47. The van der Waals surface area contributed by atoms with Crippen LogP contribution in [0.2, 0.25) is 0 Å². The van der Waals surface area contributed by atoms with Crippen molar-refractivity contribution in [3.8, 4) is 11.3 Å². The number of fused-ring (bicyclic) bond motifs is 3. The summed E-state index contributed by atoms with van der Waals surface area (Å²) in [4.78, 5) is 6.04. The van der Waals surface area contributed by atoms with Gasteiger partial charge in [0.2, 0.25) is 0 Å². The maximum Gasteiger partial charge on any atom is 0.189 e. The van der Waals surface area contributed by atoms with Gasteiger partial charge in [0.05, 0.1) is 11.9 Å². The summed E-state index contributed by atoms with van der Waals surface area (Å²) in [5, 5.41) is 18.5. The van der Waals surface area contributed by atoms with Crippen molar-refractivity contribution in [2.75, 3.05) is 5.32 Å². The van der Waals surface area contributed by atoms with Crippen LogP contribution in [0, 0.1) is 6.92 Å². The van der Waals surface area contributed by atoms with Crippen LogP contribution in [0.15, 0.2) is 12.3 Å². The van der Waals surface area contributed by atoms with Crippen molar-refractivity contribution in [2.24, 2.45) is 0 Å². The molecule has 20 heavy (non-hydrogen) atoms. The average Bonchev–Trinajstić information content (AvgIpc) is 3.10. The van der Waals surface area contributed by atoms with Crippen molar-refractivity contribution in [1.82, 2.24) is 25.4 Å². The van der Waals surface area contributed by atoms with Gasteiger partial charge in [-0.05, 0) is 26.2 Å². The topological polar surface area (TPSA) is 82.3 Å². The van der Waals surface area contributed by atoms with Gasteiger partial charge in [-0.3, -0.25) is 10.2 Å². The summed E-state index contributed by atoms with van der Waals surface area (Å²) in [7, 11) is 0. The second kappa shape index (κ2) is 4.45. The molecule has 0 radical (unpaired) electrons. The van der Waals surface area contributed by atoms with Crippen LogP contribution in [-0.2, 0) is 12.8 Å². The number of anilines is 2. The van der Waals surface area contributed by atoms with Gasteiger partial charge in [0.25, 0.3) is 0 Å². The summed E-state index contributed by atoms with van der Waals surface area (Å²) < 4.78 is 0. The number of aromatic nitrogens is 5. The Hall–Kier alpha value is -2.15. The highest BCUT2D eigenvalue weighted by Crippen LogP contribution is 2.37. The number of hydrogen-bond acceptors (Lipinski definition) is 5. The number of H-pyrrole nitrogens is 2. The van der Waals surface area contributed by atoms with Crippen LogP contribution in [0.3, 0.4) is 0 Å². The molecule has 3 heterocycles. The Balaban J connectivity index is 1.71. The summed E-state index contributed by atoms with van der Waals surface area (Å²) in [6.45, 7) is 1.98. The minimum atomic E-state index is 0.804. The van der Waals surface area contributed by atoms with E-state index in [0.29, 0.717) is 0 Å². The predicted octanol–water partition coefficient (Wildman–Crippen LogP) is 2.80. The smallest absolute Gasteiger partial charge is 0.189 e. The van der Waals surface area contributed by atoms with Gasteiger partial charge in [0, 0.05) is 27.9 Å². The summed E-state index contributed by atoms with van der Waals surface area (Å²) in [5.41, 5.74) is 4.42. The first-order valence-electron chi connectivity index (χ1n) is 6.61. The van der Waals surface area contributed by atoms with Crippen LogP contribution in [-0.4, -0.2) is 25.4 Å². The normalized spacial score (nSPS) is 13.7. The van der Waals surface area contributed by atoms with E-state index in [4.69, 9.17) is 4.98 Å². The second-order valence-electron chi connectivity index (χ2n) is 4.97.